The SMILES string of the molecule is Cc1ccc(-c2nc(NC(=O)C(C)Sc3ccc(NC(=O)c4ccc5ccccc5c4)cc3)sc2C)cc1. The van der Waals surface area contributed by atoms with Gasteiger partial charge in [-0.25, -0.2) is 4.98 Å². The van der Waals surface area contributed by atoms with Crippen LogP contribution in [0.15, 0.2) is 95.9 Å². The van der Waals surface area contributed by atoms with Crippen LogP contribution in [-0.4, -0.2) is 22.0 Å². The van der Waals surface area contributed by atoms with Gasteiger partial charge in [0.05, 0.1) is 10.9 Å². The molecule has 0 aliphatic rings. The zero-order valence-electron chi connectivity index (χ0n) is 21.3. The molecule has 0 bridgehead atoms. The van der Waals surface area contributed by atoms with Gasteiger partial charge in [-0.1, -0.05) is 60.2 Å². The van der Waals surface area contributed by atoms with Crippen LogP contribution in [0.25, 0.3) is 22.0 Å². The fourth-order valence-electron chi connectivity index (χ4n) is 4.04. The Labute approximate surface area is 230 Å². The van der Waals surface area contributed by atoms with E-state index in [9.17, 15) is 9.59 Å². The minimum absolute atomic E-state index is 0.104. The van der Waals surface area contributed by atoms with Gasteiger partial charge in [0.2, 0.25) is 5.91 Å². The van der Waals surface area contributed by atoms with Crippen LogP contribution in [0.4, 0.5) is 10.8 Å². The Morgan fingerprint density at radius 3 is 2.29 bits per heavy atom. The van der Waals surface area contributed by atoms with Crippen molar-refractivity contribution < 1.29 is 9.59 Å². The van der Waals surface area contributed by atoms with Crippen molar-refractivity contribution in [2.45, 2.75) is 30.9 Å². The summed E-state index contributed by atoms with van der Waals surface area (Å²) >= 11 is 2.94. The molecule has 0 fully saturated rings. The number of hydrogen-bond donors (Lipinski definition) is 2. The van der Waals surface area contributed by atoms with Gasteiger partial charge >= 0.3 is 0 Å². The number of aryl methyl sites for hydroxylation is 2. The summed E-state index contributed by atoms with van der Waals surface area (Å²) in [5.41, 5.74) is 4.44. The van der Waals surface area contributed by atoms with Gasteiger partial charge in [-0.15, -0.1) is 23.1 Å². The molecule has 38 heavy (non-hydrogen) atoms. The first kappa shape index (κ1) is 25.7. The van der Waals surface area contributed by atoms with E-state index in [2.05, 4.69) is 46.8 Å². The third kappa shape index (κ3) is 5.96. The summed E-state index contributed by atoms with van der Waals surface area (Å²) in [6.07, 6.45) is 0. The Balaban J connectivity index is 1.18. The molecule has 1 unspecified atom stereocenters. The molecule has 0 aliphatic carbocycles. The van der Waals surface area contributed by atoms with Crippen molar-refractivity contribution in [2.24, 2.45) is 0 Å². The number of rotatable bonds is 7. The fourth-order valence-corrected chi connectivity index (χ4v) is 5.75. The molecular formula is C31H27N3O2S2. The summed E-state index contributed by atoms with van der Waals surface area (Å²) in [7, 11) is 0. The van der Waals surface area contributed by atoms with E-state index >= 15 is 0 Å². The maximum Gasteiger partial charge on any atom is 0.255 e. The fraction of sp³-hybridized carbons (Fsp3) is 0.129. The van der Waals surface area contributed by atoms with Gasteiger partial charge in [-0.3, -0.25) is 9.59 Å². The topological polar surface area (TPSA) is 71.1 Å². The lowest BCUT2D eigenvalue weighted by atomic mass is 10.1. The maximum absolute atomic E-state index is 12.9. The van der Waals surface area contributed by atoms with Crippen LogP contribution in [-0.2, 0) is 4.79 Å². The number of benzene rings is 4. The van der Waals surface area contributed by atoms with Crippen LogP contribution >= 0.6 is 23.1 Å². The smallest absolute Gasteiger partial charge is 0.255 e. The average Bonchev–Trinajstić information content (AvgIpc) is 3.29. The number of carbonyl (C=O) groups is 2. The lowest BCUT2D eigenvalue weighted by molar-refractivity contribution is -0.115. The normalized spacial score (nSPS) is 11.8. The number of thiazole rings is 1. The molecule has 0 radical (unpaired) electrons. The number of fused-ring (bicyclic) bond motifs is 1. The van der Waals surface area contributed by atoms with E-state index in [0.29, 0.717) is 16.4 Å². The van der Waals surface area contributed by atoms with E-state index < -0.39 is 0 Å². The number of nitrogens with one attached hydrogen (secondary N) is 2. The minimum atomic E-state index is -0.319. The summed E-state index contributed by atoms with van der Waals surface area (Å²) in [6.45, 7) is 5.94. The summed E-state index contributed by atoms with van der Waals surface area (Å²) < 4.78 is 0. The highest BCUT2D eigenvalue weighted by Gasteiger charge is 2.18. The molecule has 0 spiro atoms. The second-order valence-electron chi connectivity index (χ2n) is 9.08. The van der Waals surface area contributed by atoms with Crippen molar-refractivity contribution in [2.75, 3.05) is 10.6 Å². The maximum atomic E-state index is 12.9. The van der Waals surface area contributed by atoms with E-state index in [4.69, 9.17) is 0 Å². The number of hydrogen-bond acceptors (Lipinski definition) is 5. The van der Waals surface area contributed by atoms with Gasteiger partial charge in [0.15, 0.2) is 5.13 Å². The number of anilines is 2. The summed E-state index contributed by atoms with van der Waals surface area (Å²) in [5, 5.41) is 8.32. The molecule has 5 aromatic rings. The second kappa shape index (κ2) is 11.2. The molecule has 5 rings (SSSR count). The zero-order chi connectivity index (χ0) is 26.6. The molecule has 5 nitrogen and oxygen atoms in total. The molecule has 0 saturated heterocycles. The third-order valence-electron chi connectivity index (χ3n) is 6.16. The molecule has 190 valence electrons. The van der Waals surface area contributed by atoms with E-state index in [0.717, 1.165) is 31.8 Å². The van der Waals surface area contributed by atoms with Gasteiger partial charge in [0.1, 0.15) is 0 Å². The van der Waals surface area contributed by atoms with Crippen LogP contribution in [0.2, 0.25) is 0 Å². The quantitative estimate of drug-likeness (QED) is 0.207. The second-order valence-corrected chi connectivity index (χ2v) is 11.7. The van der Waals surface area contributed by atoms with Crippen molar-refractivity contribution in [3.05, 3.63) is 107 Å². The predicted octanol–water partition coefficient (Wildman–Crippen LogP) is 7.95. The van der Waals surface area contributed by atoms with Crippen LogP contribution in [0, 0.1) is 13.8 Å². The summed E-state index contributed by atoms with van der Waals surface area (Å²) in [6, 6.07) is 29.4. The van der Waals surface area contributed by atoms with E-state index in [-0.39, 0.29) is 17.1 Å². The van der Waals surface area contributed by atoms with E-state index in [1.807, 2.05) is 80.6 Å². The van der Waals surface area contributed by atoms with Crippen molar-refractivity contribution >= 4 is 56.5 Å². The Morgan fingerprint density at radius 1 is 0.842 bits per heavy atom. The van der Waals surface area contributed by atoms with Crippen LogP contribution in [0.1, 0.15) is 27.7 Å². The van der Waals surface area contributed by atoms with Gasteiger partial charge < -0.3 is 10.6 Å². The molecule has 7 heteroatoms. The number of nitrogens with zero attached hydrogens (tertiary/aromatic N) is 1. The van der Waals surface area contributed by atoms with Crippen molar-refractivity contribution in [1.82, 2.24) is 4.98 Å². The first-order valence-electron chi connectivity index (χ1n) is 12.3. The molecule has 0 saturated carbocycles. The number of aromatic nitrogens is 1. The number of thioether (sulfide) groups is 1. The first-order chi connectivity index (χ1) is 18.4. The average molecular weight is 538 g/mol. The molecular weight excluding hydrogens is 510 g/mol. The monoisotopic (exact) mass is 537 g/mol. The van der Waals surface area contributed by atoms with Crippen molar-refractivity contribution in [3.8, 4) is 11.3 Å². The summed E-state index contributed by atoms with van der Waals surface area (Å²) in [4.78, 5) is 32.3. The van der Waals surface area contributed by atoms with Crippen molar-refractivity contribution in [1.29, 1.82) is 0 Å². The highest BCUT2D eigenvalue weighted by atomic mass is 32.2. The van der Waals surface area contributed by atoms with E-state index in [1.165, 1.54) is 28.7 Å². The van der Waals surface area contributed by atoms with Crippen LogP contribution < -0.4 is 10.6 Å². The van der Waals surface area contributed by atoms with Gasteiger partial charge in [-0.05, 0) is 67.9 Å². The molecule has 1 aromatic heterocycles. The van der Waals surface area contributed by atoms with E-state index in [1.54, 1.807) is 0 Å². The van der Waals surface area contributed by atoms with Crippen LogP contribution in [0.5, 0.6) is 0 Å². The molecule has 4 aromatic carbocycles. The Hall–Kier alpha value is -3.94. The van der Waals surface area contributed by atoms with Gasteiger partial charge in [-0.2, -0.15) is 0 Å². The van der Waals surface area contributed by atoms with Crippen molar-refractivity contribution in [3.63, 3.8) is 0 Å². The molecule has 2 amide bonds. The Bertz CT molecular complexity index is 1610. The molecule has 1 atom stereocenters. The number of amides is 2. The largest absolute Gasteiger partial charge is 0.322 e. The standard InChI is InChI=1S/C31H27N3O2S2/c1-19-8-10-23(11-9-19)28-20(2)38-31(33-28)34-29(35)21(3)37-27-16-14-26(15-17-27)32-30(36)25-13-12-22-6-4-5-7-24(22)18-25/h4-18,21H,1-3H3,(H,32,36)(H,33,34,35). The lowest BCUT2D eigenvalue weighted by Gasteiger charge is -2.11. The molecule has 2 N–H and O–H groups in total. The Morgan fingerprint density at radius 2 is 1.55 bits per heavy atom. The molecule has 0 aliphatic heterocycles. The Kier molecular flexibility index (Phi) is 7.58. The summed E-state index contributed by atoms with van der Waals surface area (Å²) in [5.74, 6) is -0.263. The lowest BCUT2D eigenvalue weighted by Crippen LogP contribution is -2.22. The predicted molar refractivity (Wildman–Crippen MR) is 159 cm³/mol. The zero-order valence-corrected chi connectivity index (χ0v) is 23.0. The molecule has 1 heterocycles. The van der Waals surface area contributed by atoms with Gasteiger partial charge in [0, 0.05) is 26.6 Å². The highest BCUT2D eigenvalue weighted by Crippen LogP contribution is 2.32. The first-order valence-corrected chi connectivity index (χ1v) is 14.0. The highest BCUT2D eigenvalue weighted by molar-refractivity contribution is 8.00. The van der Waals surface area contributed by atoms with Gasteiger partial charge in [0.25, 0.3) is 5.91 Å². The third-order valence-corrected chi connectivity index (χ3v) is 8.16. The minimum Gasteiger partial charge on any atom is -0.322 e. The number of carbonyl (C=O) groups excluding carboxylic acids is 2. The van der Waals surface area contributed by atoms with Crippen LogP contribution in [0.3, 0.4) is 0 Å².